The molecule has 3 rings (SSSR count). The van der Waals surface area contributed by atoms with E-state index in [2.05, 4.69) is 6.08 Å². The summed E-state index contributed by atoms with van der Waals surface area (Å²) in [5.41, 5.74) is 5.41. The minimum Gasteiger partial charge on any atom is -0.0810 e. The van der Waals surface area contributed by atoms with E-state index in [4.69, 9.17) is 0 Å². The minimum atomic E-state index is 1.04. The van der Waals surface area contributed by atoms with E-state index in [9.17, 15) is 0 Å². The van der Waals surface area contributed by atoms with Gasteiger partial charge in [-0.2, -0.15) is 0 Å². The summed E-state index contributed by atoms with van der Waals surface area (Å²) in [7, 11) is 0. The quantitative estimate of drug-likeness (QED) is 0.574. The van der Waals surface area contributed by atoms with Crippen LogP contribution in [0.15, 0.2) is 22.8 Å². The van der Waals surface area contributed by atoms with Crippen LogP contribution < -0.4 is 0 Å². The lowest BCUT2D eigenvalue weighted by Crippen LogP contribution is -1.99. The van der Waals surface area contributed by atoms with Gasteiger partial charge < -0.3 is 0 Å². The summed E-state index contributed by atoms with van der Waals surface area (Å²) >= 11 is 0. The van der Waals surface area contributed by atoms with Crippen LogP contribution in [0.3, 0.4) is 0 Å². The van der Waals surface area contributed by atoms with Gasteiger partial charge in [0, 0.05) is 0 Å². The molecule has 1 fully saturated rings. The molecule has 3 aliphatic rings. The van der Waals surface area contributed by atoms with Crippen LogP contribution >= 0.6 is 0 Å². The molecular weight excluding hydrogens is 180 g/mol. The van der Waals surface area contributed by atoms with Gasteiger partial charge in [-0.1, -0.05) is 24.5 Å². The fourth-order valence-electron chi connectivity index (χ4n) is 3.64. The van der Waals surface area contributed by atoms with Crippen LogP contribution in [0.2, 0.25) is 0 Å². The Bertz CT molecular complexity index is 306. The molecule has 82 valence electrons. The molecule has 0 saturated heterocycles. The van der Waals surface area contributed by atoms with Gasteiger partial charge in [0.15, 0.2) is 0 Å². The van der Waals surface area contributed by atoms with Gasteiger partial charge in [0.25, 0.3) is 0 Å². The highest BCUT2D eigenvalue weighted by molar-refractivity contribution is 5.41. The first-order valence-electron chi connectivity index (χ1n) is 6.84. The molecule has 0 aromatic heterocycles. The summed E-state index contributed by atoms with van der Waals surface area (Å²) in [6, 6.07) is 0. The Kier molecular flexibility index (Phi) is 2.68. The van der Waals surface area contributed by atoms with Crippen molar-refractivity contribution in [3.8, 4) is 0 Å². The molecule has 2 bridgehead atoms. The first-order chi connectivity index (χ1) is 7.43. The van der Waals surface area contributed by atoms with Crippen molar-refractivity contribution in [1.82, 2.24) is 0 Å². The van der Waals surface area contributed by atoms with Crippen molar-refractivity contribution >= 4 is 0 Å². The van der Waals surface area contributed by atoms with E-state index in [0.29, 0.717) is 0 Å². The molecule has 0 heterocycles. The van der Waals surface area contributed by atoms with Crippen molar-refractivity contribution in [2.24, 2.45) is 5.92 Å². The normalized spacial score (nSPS) is 31.5. The lowest BCUT2D eigenvalue weighted by Gasteiger charge is -2.17. The highest BCUT2D eigenvalue weighted by Gasteiger charge is 2.31. The first kappa shape index (κ1) is 9.69. The molecule has 3 aliphatic carbocycles. The van der Waals surface area contributed by atoms with Gasteiger partial charge in [-0.3, -0.25) is 0 Å². The molecule has 1 saturated carbocycles. The smallest absolute Gasteiger partial charge is 0.0245 e. The predicted octanol–water partition coefficient (Wildman–Crippen LogP) is 4.77. The molecular formula is C15H22. The number of allylic oxidation sites excluding steroid dienone is 4. The molecule has 0 aromatic carbocycles. The molecule has 0 aromatic rings. The zero-order valence-electron chi connectivity index (χ0n) is 9.73. The third-order valence-electron chi connectivity index (χ3n) is 4.49. The Hall–Kier alpha value is -0.520. The van der Waals surface area contributed by atoms with Crippen LogP contribution in [-0.4, -0.2) is 0 Å². The first-order valence-corrected chi connectivity index (χ1v) is 6.84. The van der Waals surface area contributed by atoms with E-state index in [1.54, 1.807) is 5.57 Å². The number of hydrogen-bond donors (Lipinski definition) is 0. The number of hydrogen-bond acceptors (Lipinski definition) is 0. The molecule has 0 aliphatic heterocycles. The average Bonchev–Trinajstić information content (AvgIpc) is 2.78. The van der Waals surface area contributed by atoms with Gasteiger partial charge in [-0.05, 0) is 68.4 Å². The van der Waals surface area contributed by atoms with Crippen molar-refractivity contribution in [2.75, 3.05) is 0 Å². The van der Waals surface area contributed by atoms with E-state index >= 15 is 0 Å². The molecule has 0 radical (unpaired) electrons. The van der Waals surface area contributed by atoms with Crippen molar-refractivity contribution in [1.29, 1.82) is 0 Å². The van der Waals surface area contributed by atoms with Gasteiger partial charge >= 0.3 is 0 Å². The van der Waals surface area contributed by atoms with Crippen molar-refractivity contribution in [3.63, 3.8) is 0 Å². The molecule has 15 heavy (non-hydrogen) atoms. The maximum Gasteiger partial charge on any atom is -0.0245 e. The SMILES string of the molecule is C1=C(C2=C3CCC(C3)C2)CCCCCC1. The molecule has 0 N–H and O–H groups in total. The largest absolute Gasteiger partial charge is 0.0810 e. The summed E-state index contributed by atoms with van der Waals surface area (Å²) < 4.78 is 0. The van der Waals surface area contributed by atoms with E-state index in [0.717, 1.165) is 5.92 Å². The van der Waals surface area contributed by atoms with Gasteiger partial charge in [-0.15, -0.1) is 0 Å². The van der Waals surface area contributed by atoms with Gasteiger partial charge in [0.2, 0.25) is 0 Å². The second kappa shape index (κ2) is 4.15. The fourth-order valence-corrected chi connectivity index (χ4v) is 3.64. The van der Waals surface area contributed by atoms with Crippen molar-refractivity contribution in [2.45, 2.75) is 64.2 Å². The third kappa shape index (κ3) is 1.91. The Morgan fingerprint density at radius 3 is 2.67 bits per heavy atom. The van der Waals surface area contributed by atoms with E-state index < -0.39 is 0 Å². The van der Waals surface area contributed by atoms with Crippen LogP contribution in [0.1, 0.15) is 64.2 Å². The third-order valence-corrected chi connectivity index (χ3v) is 4.49. The van der Waals surface area contributed by atoms with Gasteiger partial charge in [0.1, 0.15) is 0 Å². The number of fused-ring (bicyclic) bond motifs is 2. The molecule has 0 nitrogen and oxygen atoms in total. The van der Waals surface area contributed by atoms with Crippen LogP contribution in [0.25, 0.3) is 0 Å². The molecule has 0 heteroatoms. The lowest BCUT2D eigenvalue weighted by molar-refractivity contribution is 0.558. The van der Waals surface area contributed by atoms with Gasteiger partial charge in [-0.25, -0.2) is 0 Å². The second-order valence-electron chi connectivity index (χ2n) is 5.58. The fraction of sp³-hybridized carbons (Fsp3) is 0.733. The summed E-state index contributed by atoms with van der Waals surface area (Å²) in [6.45, 7) is 0. The van der Waals surface area contributed by atoms with Crippen molar-refractivity contribution in [3.05, 3.63) is 22.8 Å². The predicted molar refractivity (Wildman–Crippen MR) is 64.8 cm³/mol. The van der Waals surface area contributed by atoms with E-state index in [1.165, 1.54) is 64.2 Å². The van der Waals surface area contributed by atoms with Crippen LogP contribution in [0.5, 0.6) is 0 Å². The monoisotopic (exact) mass is 202 g/mol. The highest BCUT2D eigenvalue weighted by atomic mass is 14.4. The summed E-state index contributed by atoms with van der Waals surface area (Å²) in [5, 5.41) is 0. The molecule has 0 amide bonds. The Morgan fingerprint density at radius 2 is 1.87 bits per heavy atom. The lowest BCUT2D eigenvalue weighted by atomic mass is 9.88. The number of rotatable bonds is 1. The van der Waals surface area contributed by atoms with Crippen LogP contribution in [0, 0.1) is 5.92 Å². The Morgan fingerprint density at radius 1 is 0.933 bits per heavy atom. The Labute approximate surface area is 93.5 Å². The maximum absolute atomic E-state index is 2.57. The molecule has 0 spiro atoms. The Balaban J connectivity index is 1.80. The molecule has 1 unspecified atom stereocenters. The average molecular weight is 202 g/mol. The minimum absolute atomic E-state index is 1.04. The standard InChI is InChI=1S/C15H22/c1-2-4-6-13(7-5-3-1)15-11-12-8-9-14(15)10-12/h6,12H,1-5,7-11H2. The van der Waals surface area contributed by atoms with E-state index in [-0.39, 0.29) is 0 Å². The summed E-state index contributed by atoms with van der Waals surface area (Å²) in [5.74, 6) is 1.04. The van der Waals surface area contributed by atoms with Crippen LogP contribution in [0.4, 0.5) is 0 Å². The van der Waals surface area contributed by atoms with Crippen molar-refractivity contribution < 1.29 is 0 Å². The zero-order valence-corrected chi connectivity index (χ0v) is 9.73. The summed E-state index contributed by atoms with van der Waals surface area (Å²) in [6.07, 6.45) is 16.9. The van der Waals surface area contributed by atoms with E-state index in [1.807, 2.05) is 11.1 Å². The topological polar surface area (TPSA) is 0 Å². The highest BCUT2D eigenvalue weighted by Crippen LogP contribution is 2.47. The van der Waals surface area contributed by atoms with Crippen LogP contribution in [-0.2, 0) is 0 Å². The molecule has 1 atom stereocenters. The summed E-state index contributed by atoms with van der Waals surface area (Å²) in [4.78, 5) is 0. The second-order valence-corrected chi connectivity index (χ2v) is 5.58. The maximum atomic E-state index is 2.57. The zero-order chi connectivity index (χ0) is 10.1. The van der Waals surface area contributed by atoms with Gasteiger partial charge in [0.05, 0.1) is 0 Å².